The van der Waals surface area contributed by atoms with Gasteiger partial charge in [0, 0.05) is 12.5 Å². The highest BCUT2D eigenvalue weighted by molar-refractivity contribution is 7.89. The average molecular weight is 314 g/mol. The molecular formula is C14H22N2O4S. The van der Waals surface area contributed by atoms with Gasteiger partial charge in [0.25, 0.3) is 0 Å². The van der Waals surface area contributed by atoms with E-state index >= 15 is 0 Å². The van der Waals surface area contributed by atoms with Gasteiger partial charge in [0.1, 0.15) is 6.04 Å². The molecule has 7 heteroatoms. The summed E-state index contributed by atoms with van der Waals surface area (Å²) in [6.07, 6.45) is 5.45. The zero-order valence-corrected chi connectivity index (χ0v) is 12.9. The van der Waals surface area contributed by atoms with Crippen LogP contribution < -0.4 is 0 Å². The molecule has 0 spiro atoms. The van der Waals surface area contributed by atoms with Gasteiger partial charge in [-0.2, -0.15) is 9.57 Å². The molecule has 2 rings (SSSR count). The van der Waals surface area contributed by atoms with Crippen molar-refractivity contribution in [3.63, 3.8) is 0 Å². The number of nitrogens with zero attached hydrogens (tertiary/aromatic N) is 2. The molecule has 0 aromatic heterocycles. The number of carbonyl (C=O) groups is 1. The van der Waals surface area contributed by atoms with E-state index in [0.717, 1.165) is 25.7 Å². The summed E-state index contributed by atoms with van der Waals surface area (Å²) in [7, 11) is -3.56. The molecule has 1 saturated carbocycles. The minimum absolute atomic E-state index is 0.0539. The first-order valence-electron chi connectivity index (χ1n) is 7.58. The second-order valence-corrected chi connectivity index (χ2v) is 7.96. The number of carboxylic acid groups (broad SMARTS) is 1. The van der Waals surface area contributed by atoms with Crippen molar-refractivity contribution >= 4 is 16.0 Å². The Hall–Kier alpha value is -1.13. The van der Waals surface area contributed by atoms with Crippen LogP contribution in [0.2, 0.25) is 0 Å². The van der Waals surface area contributed by atoms with Gasteiger partial charge in [-0.1, -0.05) is 12.8 Å². The molecule has 21 heavy (non-hydrogen) atoms. The van der Waals surface area contributed by atoms with Crippen LogP contribution in [0.4, 0.5) is 0 Å². The van der Waals surface area contributed by atoms with E-state index < -0.39 is 22.0 Å². The van der Waals surface area contributed by atoms with Crippen molar-refractivity contribution < 1.29 is 18.3 Å². The van der Waals surface area contributed by atoms with Gasteiger partial charge < -0.3 is 5.11 Å². The van der Waals surface area contributed by atoms with Crippen LogP contribution in [0.25, 0.3) is 0 Å². The van der Waals surface area contributed by atoms with E-state index in [0.29, 0.717) is 25.7 Å². The van der Waals surface area contributed by atoms with Crippen LogP contribution in [0, 0.1) is 17.2 Å². The van der Waals surface area contributed by atoms with E-state index in [4.69, 9.17) is 5.26 Å². The molecule has 0 bridgehead atoms. The molecule has 1 heterocycles. The minimum atomic E-state index is -3.56. The molecule has 2 aliphatic rings. The zero-order valence-electron chi connectivity index (χ0n) is 12.1. The Kier molecular flexibility index (Phi) is 5.22. The Labute approximate surface area is 125 Å². The maximum Gasteiger partial charge on any atom is 0.322 e. The van der Waals surface area contributed by atoms with Crippen molar-refractivity contribution in [3.05, 3.63) is 0 Å². The number of hydrogen-bond acceptors (Lipinski definition) is 4. The monoisotopic (exact) mass is 314 g/mol. The Morgan fingerprint density at radius 2 is 2.00 bits per heavy atom. The summed E-state index contributed by atoms with van der Waals surface area (Å²) in [5, 5.41) is 17.8. The molecule has 3 unspecified atom stereocenters. The third-order valence-electron chi connectivity index (χ3n) is 4.58. The smallest absolute Gasteiger partial charge is 0.322 e. The lowest BCUT2D eigenvalue weighted by atomic mass is 9.85. The van der Waals surface area contributed by atoms with Crippen molar-refractivity contribution in [2.75, 3.05) is 5.75 Å². The first-order chi connectivity index (χ1) is 9.97. The van der Waals surface area contributed by atoms with Gasteiger partial charge >= 0.3 is 5.97 Å². The maximum atomic E-state index is 12.5. The van der Waals surface area contributed by atoms with Gasteiger partial charge in [-0.05, 0) is 38.0 Å². The Bertz CT molecular complexity index is 526. The maximum absolute atomic E-state index is 12.5. The lowest BCUT2D eigenvalue weighted by Gasteiger charge is -2.32. The SMILES string of the molecule is N#CCCCCS(=O)(=O)N1C(C(=O)O)CC2CCCCC21. The van der Waals surface area contributed by atoms with Crippen LogP contribution >= 0.6 is 0 Å². The van der Waals surface area contributed by atoms with Crippen LogP contribution in [-0.4, -0.2) is 41.6 Å². The van der Waals surface area contributed by atoms with Gasteiger partial charge in [0.05, 0.1) is 11.8 Å². The van der Waals surface area contributed by atoms with E-state index in [2.05, 4.69) is 0 Å². The number of fused-ring (bicyclic) bond motifs is 1. The third-order valence-corrected chi connectivity index (χ3v) is 6.55. The molecule has 0 aromatic rings. The number of hydrogen-bond donors (Lipinski definition) is 1. The second kappa shape index (κ2) is 6.75. The van der Waals surface area contributed by atoms with Crippen LogP contribution in [0.3, 0.4) is 0 Å². The van der Waals surface area contributed by atoms with E-state index in [1.54, 1.807) is 0 Å². The number of carboxylic acids is 1. The lowest BCUT2D eigenvalue weighted by Crippen LogP contribution is -2.47. The molecule has 1 saturated heterocycles. The highest BCUT2D eigenvalue weighted by atomic mass is 32.2. The fraction of sp³-hybridized carbons (Fsp3) is 0.857. The van der Waals surface area contributed by atoms with Crippen molar-refractivity contribution in [1.29, 1.82) is 5.26 Å². The molecule has 1 aliphatic carbocycles. The van der Waals surface area contributed by atoms with Gasteiger partial charge in [-0.25, -0.2) is 8.42 Å². The largest absolute Gasteiger partial charge is 0.480 e. The van der Waals surface area contributed by atoms with Gasteiger partial charge in [0.15, 0.2) is 0 Å². The first kappa shape index (κ1) is 16.2. The van der Waals surface area contributed by atoms with Crippen molar-refractivity contribution in [2.45, 2.75) is 63.5 Å². The number of sulfonamides is 1. The molecule has 118 valence electrons. The van der Waals surface area contributed by atoms with E-state index in [-0.39, 0.29) is 17.7 Å². The Morgan fingerprint density at radius 3 is 2.67 bits per heavy atom. The van der Waals surface area contributed by atoms with Crippen LogP contribution in [0.15, 0.2) is 0 Å². The fourth-order valence-electron chi connectivity index (χ4n) is 3.62. The normalized spacial score (nSPS) is 29.8. The highest BCUT2D eigenvalue weighted by Gasteiger charge is 2.50. The lowest BCUT2D eigenvalue weighted by molar-refractivity contribution is -0.141. The fourth-order valence-corrected chi connectivity index (χ4v) is 5.66. The molecule has 0 radical (unpaired) electrons. The van der Waals surface area contributed by atoms with Crippen molar-refractivity contribution in [2.24, 2.45) is 5.92 Å². The minimum Gasteiger partial charge on any atom is -0.480 e. The van der Waals surface area contributed by atoms with Crippen molar-refractivity contribution in [3.8, 4) is 6.07 Å². The zero-order chi connectivity index (χ0) is 15.5. The molecule has 6 nitrogen and oxygen atoms in total. The second-order valence-electron chi connectivity index (χ2n) is 5.96. The van der Waals surface area contributed by atoms with Gasteiger partial charge in [-0.3, -0.25) is 4.79 Å². The van der Waals surface area contributed by atoms with E-state index in [1.165, 1.54) is 4.31 Å². The summed E-state index contributed by atoms with van der Waals surface area (Å²) in [4.78, 5) is 11.4. The van der Waals surface area contributed by atoms with Crippen molar-refractivity contribution in [1.82, 2.24) is 4.31 Å². The summed E-state index contributed by atoms with van der Waals surface area (Å²) in [6, 6.07) is 0.951. The molecular weight excluding hydrogens is 292 g/mol. The quantitative estimate of drug-likeness (QED) is 0.753. The summed E-state index contributed by atoms with van der Waals surface area (Å²) >= 11 is 0. The van der Waals surface area contributed by atoms with Crippen LogP contribution in [0.5, 0.6) is 0 Å². The average Bonchev–Trinajstić information content (AvgIpc) is 2.84. The predicted octanol–water partition coefficient (Wildman–Crippen LogP) is 1.73. The van der Waals surface area contributed by atoms with Crippen LogP contribution in [-0.2, 0) is 14.8 Å². The number of nitriles is 1. The van der Waals surface area contributed by atoms with E-state index in [1.807, 2.05) is 6.07 Å². The number of aliphatic carboxylic acids is 1. The highest BCUT2D eigenvalue weighted by Crippen LogP contribution is 2.41. The molecule has 1 aliphatic heterocycles. The Balaban J connectivity index is 2.12. The van der Waals surface area contributed by atoms with E-state index in [9.17, 15) is 18.3 Å². The third kappa shape index (κ3) is 3.55. The molecule has 1 N–H and O–H groups in total. The summed E-state index contributed by atoms with van der Waals surface area (Å²) in [5.74, 6) is -0.902. The molecule has 2 fully saturated rings. The standard InChI is InChI=1S/C14H22N2O4S/c15-8-4-1-5-9-21(19,20)16-12-7-3-2-6-11(12)10-13(16)14(17)18/h11-13H,1-7,9-10H2,(H,17,18). The summed E-state index contributed by atoms with van der Waals surface area (Å²) < 4.78 is 26.4. The number of unbranched alkanes of at least 4 members (excludes halogenated alkanes) is 2. The number of rotatable bonds is 6. The topological polar surface area (TPSA) is 98.5 Å². The molecule has 0 amide bonds. The van der Waals surface area contributed by atoms with Gasteiger partial charge in [-0.15, -0.1) is 0 Å². The van der Waals surface area contributed by atoms with Gasteiger partial charge in [0.2, 0.25) is 10.0 Å². The predicted molar refractivity (Wildman–Crippen MR) is 76.9 cm³/mol. The summed E-state index contributed by atoms with van der Waals surface area (Å²) in [6.45, 7) is 0. The summed E-state index contributed by atoms with van der Waals surface area (Å²) in [5.41, 5.74) is 0. The Morgan fingerprint density at radius 1 is 1.29 bits per heavy atom. The molecule has 0 aromatic carbocycles. The first-order valence-corrected chi connectivity index (χ1v) is 9.19. The molecule has 3 atom stereocenters. The van der Waals surface area contributed by atoms with Crippen LogP contribution in [0.1, 0.15) is 51.4 Å².